The second kappa shape index (κ2) is 5.06. The van der Waals surface area contributed by atoms with E-state index in [-0.39, 0.29) is 11.7 Å². The number of hydrogen-bond donors (Lipinski definition) is 0. The third-order valence-corrected chi connectivity index (χ3v) is 3.14. The zero-order valence-electron chi connectivity index (χ0n) is 8.98. The van der Waals surface area contributed by atoms with Crippen LogP contribution in [-0.2, 0) is 0 Å². The molecule has 1 aliphatic rings. The van der Waals surface area contributed by atoms with Crippen LogP contribution >= 0.6 is 0 Å². The van der Waals surface area contributed by atoms with E-state index in [0.29, 0.717) is 5.69 Å². The minimum Gasteiger partial charge on any atom is -0.292 e. The number of ketones is 1. The summed E-state index contributed by atoms with van der Waals surface area (Å²) in [5.41, 5.74) is 0.643. The van der Waals surface area contributed by atoms with Crippen molar-refractivity contribution >= 4 is 5.78 Å². The van der Waals surface area contributed by atoms with Gasteiger partial charge in [-0.15, -0.1) is 0 Å². The van der Waals surface area contributed by atoms with Crippen LogP contribution in [0.1, 0.15) is 49.0 Å². The van der Waals surface area contributed by atoms with Crippen molar-refractivity contribution in [1.29, 1.82) is 0 Å². The number of aromatic nitrogens is 1. The standard InChI is InChI=1S/C13H17NO/c15-13(12-9-5-6-10-14-12)11-7-3-1-2-4-8-11/h5-6,9-11H,1-4,7-8H2. The van der Waals surface area contributed by atoms with Gasteiger partial charge in [0.05, 0.1) is 0 Å². The van der Waals surface area contributed by atoms with Crippen LogP contribution in [0.3, 0.4) is 0 Å². The summed E-state index contributed by atoms with van der Waals surface area (Å²) in [5, 5.41) is 0. The summed E-state index contributed by atoms with van der Waals surface area (Å²) < 4.78 is 0. The van der Waals surface area contributed by atoms with Gasteiger partial charge in [-0.05, 0) is 25.0 Å². The Balaban J connectivity index is 2.06. The molecule has 0 amide bonds. The first-order valence-corrected chi connectivity index (χ1v) is 5.83. The zero-order chi connectivity index (χ0) is 10.5. The van der Waals surface area contributed by atoms with Crippen molar-refractivity contribution < 1.29 is 4.79 Å². The van der Waals surface area contributed by atoms with E-state index in [2.05, 4.69) is 4.98 Å². The predicted octanol–water partition coefficient (Wildman–Crippen LogP) is 3.23. The average Bonchev–Trinajstić information content (AvgIpc) is 2.58. The second-order valence-electron chi connectivity index (χ2n) is 4.27. The molecule has 0 radical (unpaired) electrons. The molecule has 0 saturated heterocycles. The van der Waals surface area contributed by atoms with Crippen LogP contribution in [0.15, 0.2) is 24.4 Å². The third-order valence-electron chi connectivity index (χ3n) is 3.14. The van der Waals surface area contributed by atoms with Gasteiger partial charge in [0.15, 0.2) is 5.78 Å². The lowest BCUT2D eigenvalue weighted by Crippen LogP contribution is -2.15. The van der Waals surface area contributed by atoms with E-state index in [1.165, 1.54) is 25.7 Å². The van der Waals surface area contributed by atoms with Crippen LogP contribution in [0.4, 0.5) is 0 Å². The zero-order valence-corrected chi connectivity index (χ0v) is 8.98. The Morgan fingerprint density at radius 1 is 1.13 bits per heavy atom. The van der Waals surface area contributed by atoms with Crippen molar-refractivity contribution in [2.24, 2.45) is 5.92 Å². The fourth-order valence-electron chi connectivity index (χ4n) is 2.26. The van der Waals surface area contributed by atoms with E-state index in [4.69, 9.17) is 0 Å². The number of rotatable bonds is 2. The number of hydrogen-bond acceptors (Lipinski definition) is 2. The van der Waals surface area contributed by atoms with Gasteiger partial charge in [0, 0.05) is 12.1 Å². The molecule has 0 spiro atoms. The van der Waals surface area contributed by atoms with Crippen molar-refractivity contribution in [1.82, 2.24) is 4.98 Å². The van der Waals surface area contributed by atoms with Crippen LogP contribution in [0.5, 0.6) is 0 Å². The molecular weight excluding hydrogens is 186 g/mol. The van der Waals surface area contributed by atoms with Gasteiger partial charge in [-0.3, -0.25) is 9.78 Å². The summed E-state index contributed by atoms with van der Waals surface area (Å²) in [6.07, 6.45) is 8.76. The van der Waals surface area contributed by atoms with E-state index in [1.54, 1.807) is 6.20 Å². The molecule has 0 atom stereocenters. The molecule has 1 aliphatic carbocycles. The number of carbonyl (C=O) groups is 1. The topological polar surface area (TPSA) is 30.0 Å². The highest BCUT2D eigenvalue weighted by molar-refractivity contribution is 5.95. The summed E-state index contributed by atoms with van der Waals surface area (Å²) in [6.45, 7) is 0. The van der Waals surface area contributed by atoms with Gasteiger partial charge in [0.1, 0.15) is 5.69 Å². The Kier molecular flexibility index (Phi) is 3.49. The Hall–Kier alpha value is -1.18. The summed E-state index contributed by atoms with van der Waals surface area (Å²) in [5.74, 6) is 0.472. The van der Waals surface area contributed by atoms with E-state index >= 15 is 0 Å². The lowest BCUT2D eigenvalue weighted by Gasteiger charge is -2.11. The quantitative estimate of drug-likeness (QED) is 0.545. The SMILES string of the molecule is O=C(c1ccccn1)C1CCCCCC1. The molecule has 80 valence electrons. The molecule has 2 heteroatoms. The monoisotopic (exact) mass is 203 g/mol. The molecule has 2 nitrogen and oxygen atoms in total. The van der Waals surface area contributed by atoms with Gasteiger partial charge in [-0.25, -0.2) is 0 Å². The van der Waals surface area contributed by atoms with Crippen LogP contribution in [-0.4, -0.2) is 10.8 Å². The fraction of sp³-hybridized carbons (Fsp3) is 0.538. The van der Waals surface area contributed by atoms with Gasteiger partial charge < -0.3 is 0 Å². The lowest BCUT2D eigenvalue weighted by atomic mass is 9.93. The molecule has 0 N–H and O–H groups in total. The molecule has 0 aromatic carbocycles. The van der Waals surface area contributed by atoms with E-state index < -0.39 is 0 Å². The maximum absolute atomic E-state index is 12.1. The van der Waals surface area contributed by atoms with Gasteiger partial charge in [-0.1, -0.05) is 31.7 Å². The second-order valence-corrected chi connectivity index (χ2v) is 4.27. The number of Topliss-reactive ketones (excluding diaryl/α,β-unsaturated/α-hetero) is 1. The van der Waals surface area contributed by atoms with Crippen LogP contribution in [0.25, 0.3) is 0 Å². The van der Waals surface area contributed by atoms with E-state index in [0.717, 1.165) is 12.8 Å². The first kappa shape index (κ1) is 10.3. The molecule has 1 aromatic rings. The maximum Gasteiger partial charge on any atom is 0.184 e. The van der Waals surface area contributed by atoms with Crippen molar-refractivity contribution in [3.05, 3.63) is 30.1 Å². The summed E-state index contributed by atoms with van der Waals surface area (Å²) in [7, 11) is 0. The summed E-state index contributed by atoms with van der Waals surface area (Å²) >= 11 is 0. The molecule has 0 bridgehead atoms. The number of nitrogens with zero attached hydrogens (tertiary/aromatic N) is 1. The van der Waals surface area contributed by atoms with Crippen molar-refractivity contribution in [2.45, 2.75) is 38.5 Å². The van der Waals surface area contributed by atoms with Gasteiger partial charge in [0.2, 0.25) is 0 Å². The van der Waals surface area contributed by atoms with Crippen molar-refractivity contribution in [3.8, 4) is 0 Å². The lowest BCUT2D eigenvalue weighted by molar-refractivity contribution is 0.0902. The molecule has 15 heavy (non-hydrogen) atoms. The minimum absolute atomic E-state index is 0.224. The Morgan fingerprint density at radius 3 is 2.47 bits per heavy atom. The van der Waals surface area contributed by atoms with E-state index in [9.17, 15) is 4.79 Å². The van der Waals surface area contributed by atoms with E-state index in [1.807, 2.05) is 18.2 Å². The maximum atomic E-state index is 12.1. The van der Waals surface area contributed by atoms with Crippen molar-refractivity contribution in [2.75, 3.05) is 0 Å². The van der Waals surface area contributed by atoms with Gasteiger partial charge in [0.25, 0.3) is 0 Å². The number of carbonyl (C=O) groups excluding carboxylic acids is 1. The highest BCUT2D eigenvalue weighted by atomic mass is 16.1. The molecule has 1 fully saturated rings. The molecule has 1 heterocycles. The average molecular weight is 203 g/mol. The summed E-state index contributed by atoms with van der Waals surface area (Å²) in [4.78, 5) is 16.2. The first-order chi connectivity index (χ1) is 7.38. The van der Waals surface area contributed by atoms with Crippen LogP contribution in [0.2, 0.25) is 0 Å². The Labute approximate surface area is 90.7 Å². The molecule has 1 aromatic heterocycles. The fourth-order valence-corrected chi connectivity index (χ4v) is 2.26. The third kappa shape index (κ3) is 2.65. The first-order valence-electron chi connectivity index (χ1n) is 5.83. The molecule has 0 unspecified atom stereocenters. The molecule has 2 rings (SSSR count). The summed E-state index contributed by atoms with van der Waals surface area (Å²) in [6, 6.07) is 5.56. The number of pyridine rings is 1. The van der Waals surface area contributed by atoms with Gasteiger partial charge in [-0.2, -0.15) is 0 Å². The molecular formula is C13H17NO. The smallest absolute Gasteiger partial charge is 0.184 e. The highest BCUT2D eigenvalue weighted by Gasteiger charge is 2.21. The molecule has 1 saturated carbocycles. The van der Waals surface area contributed by atoms with Crippen LogP contribution < -0.4 is 0 Å². The van der Waals surface area contributed by atoms with Crippen LogP contribution in [0, 0.1) is 5.92 Å². The highest BCUT2D eigenvalue weighted by Crippen LogP contribution is 2.25. The Bertz CT molecular complexity index is 313. The van der Waals surface area contributed by atoms with Gasteiger partial charge >= 0.3 is 0 Å². The normalized spacial score (nSPS) is 18.4. The molecule has 0 aliphatic heterocycles. The Morgan fingerprint density at radius 2 is 1.87 bits per heavy atom. The minimum atomic E-state index is 0.224. The predicted molar refractivity (Wildman–Crippen MR) is 59.8 cm³/mol. The van der Waals surface area contributed by atoms with Crippen molar-refractivity contribution in [3.63, 3.8) is 0 Å². The largest absolute Gasteiger partial charge is 0.292 e.